The average Bonchev–Trinajstić information content (AvgIpc) is 2.84. The van der Waals surface area contributed by atoms with Gasteiger partial charge in [-0.3, -0.25) is 4.79 Å². The molecule has 0 spiro atoms. The molecular formula is C14H18BrNO. The minimum absolute atomic E-state index is 0.605. The molecule has 0 heterocycles. The largest absolute Gasteiger partial charge is 0.368 e. The second-order valence-electron chi connectivity index (χ2n) is 4.55. The van der Waals surface area contributed by atoms with E-state index >= 15 is 0 Å². The van der Waals surface area contributed by atoms with E-state index in [0.29, 0.717) is 6.04 Å². The molecule has 0 radical (unpaired) electrons. The Kier molecular flexibility index (Phi) is 4.21. The van der Waals surface area contributed by atoms with Gasteiger partial charge in [0.05, 0.1) is 0 Å². The zero-order valence-corrected chi connectivity index (χ0v) is 11.7. The maximum atomic E-state index is 11.1. The van der Waals surface area contributed by atoms with Gasteiger partial charge in [0.15, 0.2) is 6.29 Å². The number of carbonyl (C=O) groups is 1. The molecule has 0 unspecified atom stereocenters. The predicted molar refractivity (Wildman–Crippen MR) is 74.8 cm³/mol. The molecule has 2 rings (SSSR count). The zero-order valence-electron chi connectivity index (χ0n) is 10.2. The van der Waals surface area contributed by atoms with E-state index in [4.69, 9.17) is 0 Å². The van der Waals surface area contributed by atoms with E-state index in [1.807, 2.05) is 12.1 Å². The fraction of sp³-hybridized carbons (Fsp3) is 0.500. The molecule has 17 heavy (non-hydrogen) atoms. The van der Waals surface area contributed by atoms with Gasteiger partial charge < -0.3 is 4.90 Å². The van der Waals surface area contributed by atoms with Crippen molar-refractivity contribution in [2.45, 2.75) is 38.6 Å². The number of carbonyl (C=O) groups excluding carboxylic acids is 1. The van der Waals surface area contributed by atoms with Crippen LogP contribution in [0.15, 0.2) is 22.7 Å². The molecule has 0 amide bonds. The number of rotatable bonds is 4. The maximum Gasteiger partial charge on any atom is 0.152 e. The molecule has 1 fully saturated rings. The van der Waals surface area contributed by atoms with Crippen molar-refractivity contribution >= 4 is 27.9 Å². The van der Waals surface area contributed by atoms with E-state index in [0.717, 1.165) is 28.6 Å². The Morgan fingerprint density at radius 3 is 2.71 bits per heavy atom. The van der Waals surface area contributed by atoms with Crippen molar-refractivity contribution in [3.63, 3.8) is 0 Å². The molecule has 1 aliphatic rings. The van der Waals surface area contributed by atoms with Crippen molar-refractivity contribution in [3.8, 4) is 0 Å². The molecule has 0 N–H and O–H groups in total. The van der Waals surface area contributed by atoms with E-state index in [1.165, 1.54) is 25.7 Å². The van der Waals surface area contributed by atoms with Gasteiger partial charge in [-0.05, 0) is 38.0 Å². The fourth-order valence-electron chi connectivity index (χ4n) is 2.71. The molecule has 3 heteroatoms. The highest BCUT2D eigenvalue weighted by atomic mass is 79.9. The van der Waals surface area contributed by atoms with Gasteiger partial charge in [0.25, 0.3) is 0 Å². The Hall–Kier alpha value is -0.830. The number of aldehydes is 1. The molecule has 0 aromatic heterocycles. The summed E-state index contributed by atoms with van der Waals surface area (Å²) in [4.78, 5) is 13.5. The first-order chi connectivity index (χ1) is 8.26. The minimum Gasteiger partial charge on any atom is -0.368 e. The molecule has 0 aliphatic heterocycles. The summed E-state index contributed by atoms with van der Waals surface area (Å²) < 4.78 is 1.04. The second kappa shape index (κ2) is 5.67. The summed E-state index contributed by atoms with van der Waals surface area (Å²) in [5.41, 5.74) is 1.87. The van der Waals surface area contributed by atoms with Crippen LogP contribution in [0, 0.1) is 0 Å². The molecule has 0 bridgehead atoms. The van der Waals surface area contributed by atoms with Crippen molar-refractivity contribution in [1.82, 2.24) is 0 Å². The third-order valence-electron chi connectivity index (χ3n) is 3.54. The lowest BCUT2D eigenvalue weighted by molar-refractivity contribution is 0.112. The first-order valence-electron chi connectivity index (χ1n) is 6.27. The standard InChI is InChI=1S/C14H18BrNO/c1-2-16(13-5-3-4-6-13)14-9-12(15)8-7-11(14)10-17/h7-10,13H,2-6H2,1H3. The van der Waals surface area contributed by atoms with Gasteiger partial charge in [0.2, 0.25) is 0 Å². The van der Waals surface area contributed by atoms with Crippen LogP contribution in [0.25, 0.3) is 0 Å². The highest BCUT2D eigenvalue weighted by Gasteiger charge is 2.23. The van der Waals surface area contributed by atoms with Crippen molar-refractivity contribution in [1.29, 1.82) is 0 Å². The molecule has 1 saturated carbocycles. The average molecular weight is 296 g/mol. The highest BCUT2D eigenvalue weighted by molar-refractivity contribution is 9.10. The Morgan fingerprint density at radius 1 is 1.41 bits per heavy atom. The van der Waals surface area contributed by atoms with Crippen molar-refractivity contribution in [3.05, 3.63) is 28.2 Å². The van der Waals surface area contributed by atoms with Gasteiger partial charge in [0, 0.05) is 28.3 Å². The number of halogens is 1. The molecule has 0 saturated heterocycles. The van der Waals surface area contributed by atoms with Crippen LogP contribution in [-0.2, 0) is 0 Å². The predicted octanol–water partition coefficient (Wildman–Crippen LogP) is 4.03. The van der Waals surface area contributed by atoms with Gasteiger partial charge in [-0.2, -0.15) is 0 Å². The van der Waals surface area contributed by atoms with Crippen LogP contribution < -0.4 is 4.90 Å². The van der Waals surface area contributed by atoms with Crippen LogP contribution in [-0.4, -0.2) is 18.9 Å². The lowest BCUT2D eigenvalue weighted by atomic mass is 10.1. The second-order valence-corrected chi connectivity index (χ2v) is 5.46. The van der Waals surface area contributed by atoms with Crippen LogP contribution in [0.3, 0.4) is 0 Å². The SMILES string of the molecule is CCN(c1cc(Br)ccc1C=O)C1CCCC1. The Morgan fingerprint density at radius 2 is 2.12 bits per heavy atom. The van der Waals surface area contributed by atoms with Crippen molar-refractivity contribution < 1.29 is 4.79 Å². The Labute approximate surface area is 111 Å². The van der Waals surface area contributed by atoms with E-state index in [2.05, 4.69) is 33.8 Å². The first-order valence-corrected chi connectivity index (χ1v) is 7.07. The van der Waals surface area contributed by atoms with Crippen LogP contribution >= 0.6 is 15.9 Å². The maximum absolute atomic E-state index is 11.1. The lowest BCUT2D eigenvalue weighted by Gasteiger charge is -2.31. The normalized spacial score (nSPS) is 16.1. The number of hydrogen-bond donors (Lipinski definition) is 0. The number of nitrogens with zero attached hydrogens (tertiary/aromatic N) is 1. The third kappa shape index (κ3) is 2.71. The Balaban J connectivity index is 2.34. The molecule has 1 aliphatic carbocycles. The number of anilines is 1. The van der Waals surface area contributed by atoms with E-state index < -0.39 is 0 Å². The summed E-state index contributed by atoms with van der Waals surface area (Å²) in [5, 5.41) is 0. The summed E-state index contributed by atoms with van der Waals surface area (Å²) in [5.74, 6) is 0. The van der Waals surface area contributed by atoms with E-state index in [1.54, 1.807) is 0 Å². The van der Waals surface area contributed by atoms with Crippen LogP contribution in [0.2, 0.25) is 0 Å². The summed E-state index contributed by atoms with van der Waals surface area (Å²) in [6.45, 7) is 3.12. The van der Waals surface area contributed by atoms with Gasteiger partial charge in [0.1, 0.15) is 0 Å². The molecule has 1 aromatic rings. The van der Waals surface area contributed by atoms with Gasteiger partial charge in [-0.1, -0.05) is 28.8 Å². The van der Waals surface area contributed by atoms with Crippen molar-refractivity contribution in [2.75, 3.05) is 11.4 Å². The van der Waals surface area contributed by atoms with E-state index in [9.17, 15) is 4.79 Å². The minimum atomic E-state index is 0.605. The highest BCUT2D eigenvalue weighted by Crippen LogP contribution is 2.31. The zero-order chi connectivity index (χ0) is 12.3. The summed E-state index contributed by atoms with van der Waals surface area (Å²) in [7, 11) is 0. The summed E-state index contributed by atoms with van der Waals surface area (Å²) in [6, 6.07) is 6.48. The molecule has 92 valence electrons. The molecular weight excluding hydrogens is 278 g/mol. The smallest absolute Gasteiger partial charge is 0.152 e. The topological polar surface area (TPSA) is 20.3 Å². The molecule has 2 nitrogen and oxygen atoms in total. The van der Waals surface area contributed by atoms with Gasteiger partial charge in [-0.25, -0.2) is 0 Å². The number of hydrogen-bond acceptors (Lipinski definition) is 2. The fourth-order valence-corrected chi connectivity index (χ4v) is 3.06. The van der Waals surface area contributed by atoms with Gasteiger partial charge in [-0.15, -0.1) is 0 Å². The first kappa shape index (κ1) is 12.6. The number of benzene rings is 1. The van der Waals surface area contributed by atoms with E-state index in [-0.39, 0.29) is 0 Å². The van der Waals surface area contributed by atoms with Crippen LogP contribution in [0.5, 0.6) is 0 Å². The third-order valence-corrected chi connectivity index (χ3v) is 4.03. The quantitative estimate of drug-likeness (QED) is 0.782. The van der Waals surface area contributed by atoms with Crippen LogP contribution in [0.4, 0.5) is 5.69 Å². The Bertz CT molecular complexity index is 399. The van der Waals surface area contributed by atoms with Gasteiger partial charge >= 0.3 is 0 Å². The van der Waals surface area contributed by atoms with Crippen LogP contribution in [0.1, 0.15) is 43.0 Å². The summed E-state index contributed by atoms with van der Waals surface area (Å²) in [6.07, 6.45) is 6.08. The summed E-state index contributed by atoms with van der Waals surface area (Å²) >= 11 is 3.49. The lowest BCUT2D eigenvalue weighted by Crippen LogP contribution is -2.33. The molecule has 1 aromatic carbocycles. The monoisotopic (exact) mass is 295 g/mol. The van der Waals surface area contributed by atoms with Crippen molar-refractivity contribution in [2.24, 2.45) is 0 Å². The molecule has 0 atom stereocenters.